The van der Waals surface area contributed by atoms with Crippen LogP contribution in [0.2, 0.25) is 0 Å². The second-order valence-electron chi connectivity index (χ2n) is 5.34. The second kappa shape index (κ2) is 8.38. The van der Waals surface area contributed by atoms with Crippen molar-refractivity contribution < 1.29 is 19.6 Å². The Morgan fingerprint density at radius 3 is 2.65 bits per heavy atom. The molecule has 0 unspecified atom stereocenters. The third-order valence-electron chi connectivity index (χ3n) is 3.34. The Labute approximate surface area is 148 Å². The van der Waals surface area contributed by atoms with E-state index in [1.165, 1.54) is 12.3 Å². The summed E-state index contributed by atoms with van der Waals surface area (Å²) in [5.41, 5.74) is 3.48. The molecule has 9 nitrogen and oxygen atoms in total. The van der Waals surface area contributed by atoms with E-state index < -0.39 is 34.6 Å². The minimum atomic E-state index is -0.735. The molecule has 0 aliphatic heterocycles. The van der Waals surface area contributed by atoms with Crippen molar-refractivity contribution in [1.82, 2.24) is 5.43 Å². The van der Waals surface area contributed by atoms with Crippen LogP contribution in [0.1, 0.15) is 17.5 Å². The fourth-order valence-electron chi connectivity index (χ4n) is 2.04. The van der Waals surface area contributed by atoms with Crippen LogP contribution in [0.15, 0.2) is 47.6 Å². The van der Waals surface area contributed by atoms with E-state index in [0.717, 1.165) is 17.7 Å². The first-order valence-corrected chi connectivity index (χ1v) is 7.51. The average molecular weight is 356 g/mol. The van der Waals surface area contributed by atoms with Gasteiger partial charge in [0.1, 0.15) is 6.42 Å². The molecule has 0 saturated carbocycles. The summed E-state index contributed by atoms with van der Waals surface area (Å²) >= 11 is 0. The zero-order chi connectivity index (χ0) is 19.1. The summed E-state index contributed by atoms with van der Waals surface area (Å²) < 4.78 is 0. The van der Waals surface area contributed by atoms with E-state index in [2.05, 4.69) is 15.8 Å². The number of nitro groups is 1. The lowest BCUT2D eigenvalue weighted by Gasteiger charge is -2.07. The van der Waals surface area contributed by atoms with Crippen LogP contribution in [0.3, 0.4) is 0 Å². The fraction of sp³-hybridized carbons (Fsp3) is 0.118. The molecule has 2 amide bonds. The van der Waals surface area contributed by atoms with Crippen LogP contribution in [0.25, 0.3) is 0 Å². The number of amides is 2. The Balaban J connectivity index is 1.89. The topological polar surface area (TPSA) is 134 Å². The number of anilines is 1. The summed E-state index contributed by atoms with van der Waals surface area (Å²) in [4.78, 5) is 33.6. The van der Waals surface area contributed by atoms with E-state index in [1.54, 1.807) is 12.1 Å². The second-order valence-corrected chi connectivity index (χ2v) is 5.34. The molecule has 0 atom stereocenters. The number of nitro benzene ring substituents is 1. The normalized spacial score (nSPS) is 10.5. The van der Waals surface area contributed by atoms with Crippen LogP contribution in [0, 0.1) is 17.0 Å². The van der Waals surface area contributed by atoms with Gasteiger partial charge in [-0.1, -0.05) is 18.2 Å². The number of carbonyl (C=O) groups excluding carboxylic acids is 2. The van der Waals surface area contributed by atoms with Crippen LogP contribution < -0.4 is 10.7 Å². The van der Waals surface area contributed by atoms with Gasteiger partial charge in [0.15, 0.2) is 5.75 Å². The van der Waals surface area contributed by atoms with Gasteiger partial charge in [-0.2, -0.15) is 5.10 Å². The van der Waals surface area contributed by atoms with Gasteiger partial charge >= 0.3 is 5.69 Å². The maximum absolute atomic E-state index is 11.8. The lowest BCUT2D eigenvalue weighted by atomic mass is 10.2. The molecule has 0 spiro atoms. The van der Waals surface area contributed by atoms with E-state index in [-0.39, 0.29) is 0 Å². The first-order chi connectivity index (χ1) is 12.4. The number of nitrogens with zero attached hydrogens (tertiary/aromatic N) is 2. The van der Waals surface area contributed by atoms with Crippen molar-refractivity contribution in [3.63, 3.8) is 0 Å². The van der Waals surface area contributed by atoms with Crippen molar-refractivity contribution in [2.24, 2.45) is 5.10 Å². The first-order valence-electron chi connectivity index (χ1n) is 7.51. The van der Waals surface area contributed by atoms with Gasteiger partial charge in [-0.15, -0.1) is 0 Å². The van der Waals surface area contributed by atoms with Crippen molar-refractivity contribution in [3.8, 4) is 5.75 Å². The van der Waals surface area contributed by atoms with E-state index in [9.17, 15) is 24.8 Å². The number of hydrazone groups is 1. The van der Waals surface area contributed by atoms with Gasteiger partial charge in [-0.25, -0.2) is 5.43 Å². The molecule has 0 bridgehead atoms. The summed E-state index contributed by atoms with van der Waals surface area (Å²) in [5, 5.41) is 26.4. The summed E-state index contributed by atoms with van der Waals surface area (Å²) in [5.74, 6) is -1.60. The van der Waals surface area contributed by atoms with Crippen molar-refractivity contribution in [1.29, 1.82) is 0 Å². The fourth-order valence-corrected chi connectivity index (χ4v) is 2.04. The number of phenols is 1. The number of benzene rings is 2. The maximum atomic E-state index is 11.8. The molecule has 0 fully saturated rings. The number of carbonyl (C=O) groups is 2. The summed E-state index contributed by atoms with van der Waals surface area (Å²) in [6.07, 6.45) is 0.741. The highest BCUT2D eigenvalue weighted by molar-refractivity contribution is 6.04. The van der Waals surface area contributed by atoms with Gasteiger partial charge in [-0.05, 0) is 30.7 Å². The third-order valence-corrected chi connectivity index (χ3v) is 3.34. The molecule has 0 aromatic heterocycles. The van der Waals surface area contributed by atoms with Crippen LogP contribution in [-0.2, 0) is 9.59 Å². The summed E-state index contributed by atoms with van der Waals surface area (Å²) in [6, 6.07) is 10.8. The molecular weight excluding hydrogens is 340 g/mol. The molecular formula is C17H16N4O5. The molecule has 0 radical (unpaired) electrons. The van der Waals surface area contributed by atoms with E-state index in [1.807, 2.05) is 19.1 Å². The number of hydrogen-bond acceptors (Lipinski definition) is 6. The molecule has 0 aliphatic carbocycles. The van der Waals surface area contributed by atoms with Gasteiger partial charge < -0.3 is 10.4 Å². The van der Waals surface area contributed by atoms with E-state index in [4.69, 9.17) is 0 Å². The monoisotopic (exact) mass is 356 g/mol. The van der Waals surface area contributed by atoms with Gasteiger partial charge in [0.2, 0.25) is 11.8 Å². The number of rotatable bonds is 6. The molecule has 2 aromatic carbocycles. The Bertz CT molecular complexity index is 879. The molecule has 0 heterocycles. The molecule has 0 aliphatic rings. The molecule has 26 heavy (non-hydrogen) atoms. The maximum Gasteiger partial charge on any atom is 0.311 e. The first kappa shape index (κ1) is 18.6. The van der Waals surface area contributed by atoms with Gasteiger partial charge in [-0.3, -0.25) is 19.7 Å². The van der Waals surface area contributed by atoms with Crippen LogP contribution in [0.4, 0.5) is 11.4 Å². The number of aromatic hydroxyl groups is 1. The predicted octanol–water partition coefficient (Wildman–Crippen LogP) is 2.09. The highest BCUT2D eigenvalue weighted by atomic mass is 16.6. The Kier molecular flexibility index (Phi) is 5.99. The lowest BCUT2D eigenvalue weighted by molar-refractivity contribution is -0.385. The third kappa shape index (κ3) is 5.13. The van der Waals surface area contributed by atoms with E-state index >= 15 is 0 Å². The molecule has 134 valence electrons. The van der Waals surface area contributed by atoms with Gasteiger partial charge in [0.05, 0.1) is 11.1 Å². The average Bonchev–Trinajstić information content (AvgIpc) is 2.58. The summed E-state index contributed by atoms with van der Waals surface area (Å²) in [7, 11) is 0. The highest BCUT2D eigenvalue weighted by Crippen LogP contribution is 2.25. The minimum absolute atomic E-state index is 0.305. The minimum Gasteiger partial charge on any atom is -0.502 e. The van der Waals surface area contributed by atoms with Crippen LogP contribution in [-0.4, -0.2) is 28.1 Å². The Hall–Kier alpha value is -3.75. The molecule has 2 aromatic rings. The molecule has 0 saturated heterocycles. The number of para-hydroxylation sites is 1. The largest absolute Gasteiger partial charge is 0.502 e. The number of phenolic OH excluding ortho intramolecular Hbond substituents is 1. The Morgan fingerprint density at radius 2 is 1.96 bits per heavy atom. The van der Waals surface area contributed by atoms with Gasteiger partial charge in [0, 0.05) is 17.3 Å². The van der Waals surface area contributed by atoms with Crippen molar-refractivity contribution >= 4 is 29.4 Å². The van der Waals surface area contributed by atoms with Crippen molar-refractivity contribution in [2.45, 2.75) is 13.3 Å². The van der Waals surface area contributed by atoms with Crippen LogP contribution >= 0.6 is 0 Å². The quantitative estimate of drug-likeness (QED) is 0.315. The predicted molar refractivity (Wildman–Crippen MR) is 94.9 cm³/mol. The standard InChI is InChI=1S/C17H16N4O5/c1-11-4-2-3-5-13(11)19-16(23)9-17(24)20-18-10-12-6-7-15(22)14(8-12)21(25)26/h2-8,10,22H,9H2,1H3,(H,19,23)(H,20,24). The zero-order valence-electron chi connectivity index (χ0n) is 13.8. The number of aryl methyl sites for hydroxylation is 1. The SMILES string of the molecule is Cc1ccccc1NC(=O)CC(=O)NN=Cc1ccc(O)c([N+](=O)[O-])c1. The van der Waals surface area contributed by atoms with Crippen molar-refractivity contribution in [2.75, 3.05) is 5.32 Å². The lowest BCUT2D eigenvalue weighted by Crippen LogP contribution is -2.24. The highest BCUT2D eigenvalue weighted by Gasteiger charge is 2.13. The van der Waals surface area contributed by atoms with Crippen molar-refractivity contribution in [3.05, 3.63) is 63.7 Å². The zero-order valence-corrected chi connectivity index (χ0v) is 13.8. The smallest absolute Gasteiger partial charge is 0.311 e. The molecule has 9 heteroatoms. The number of nitrogens with one attached hydrogen (secondary N) is 2. The van der Waals surface area contributed by atoms with Gasteiger partial charge in [0.25, 0.3) is 0 Å². The summed E-state index contributed by atoms with van der Waals surface area (Å²) in [6.45, 7) is 1.83. The molecule has 3 N–H and O–H groups in total. The molecule has 2 rings (SSSR count). The van der Waals surface area contributed by atoms with Crippen LogP contribution in [0.5, 0.6) is 5.75 Å². The van der Waals surface area contributed by atoms with E-state index in [0.29, 0.717) is 11.3 Å². The number of hydrogen-bond donors (Lipinski definition) is 3. The Morgan fingerprint density at radius 1 is 1.23 bits per heavy atom.